The number of halogens is 1. The van der Waals surface area contributed by atoms with Crippen LogP contribution in [0, 0.1) is 5.82 Å². The number of carbonyl (C=O) groups excluding carboxylic acids is 1. The van der Waals surface area contributed by atoms with Crippen molar-refractivity contribution in [3.05, 3.63) is 30.1 Å². The number of ether oxygens (including phenoxy) is 1. The van der Waals surface area contributed by atoms with Crippen LogP contribution in [0.5, 0.6) is 5.75 Å². The molecule has 2 rings (SSSR count). The van der Waals surface area contributed by atoms with Crippen molar-refractivity contribution in [3.8, 4) is 5.75 Å². The van der Waals surface area contributed by atoms with Gasteiger partial charge in [0.05, 0.1) is 6.26 Å². The highest BCUT2D eigenvalue weighted by molar-refractivity contribution is 7.88. The molecule has 21 heavy (non-hydrogen) atoms. The summed E-state index contributed by atoms with van der Waals surface area (Å²) in [5, 5.41) is 0. The van der Waals surface area contributed by atoms with E-state index in [4.69, 9.17) is 4.74 Å². The van der Waals surface area contributed by atoms with E-state index in [0.717, 1.165) is 6.26 Å². The summed E-state index contributed by atoms with van der Waals surface area (Å²) in [6.45, 7) is 1.13. The molecule has 0 spiro atoms. The van der Waals surface area contributed by atoms with Crippen LogP contribution in [0.15, 0.2) is 24.3 Å². The predicted octanol–water partition coefficient (Wildman–Crippen LogP) is 0.308. The van der Waals surface area contributed by atoms with Gasteiger partial charge >= 0.3 is 0 Å². The van der Waals surface area contributed by atoms with Crippen molar-refractivity contribution in [2.45, 2.75) is 0 Å². The van der Waals surface area contributed by atoms with Crippen molar-refractivity contribution in [2.75, 3.05) is 39.0 Å². The standard InChI is InChI=1S/C13H17FN2O4S/c1-21(18,19)16-8-6-15(7-9-16)13(17)10-20-12-4-2-11(14)3-5-12/h2-5H,6-10H2,1H3. The number of benzene rings is 1. The van der Waals surface area contributed by atoms with Crippen molar-refractivity contribution in [1.29, 1.82) is 0 Å². The van der Waals surface area contributed by atoms with Gasteiger partial charge in [0.25, 0.3) is 5.91 Å². The fraction of sp³-hybridized carbons (Fsp3) is 0.462. The van der Waals surface area contributed by atoms with Crippen LogP contribution in [0.25, 0.3) is 0 Å². The van der Waals surface area contributed by atoms with Gasteiger partial charge in [-0.05, 0) is 24.3 Å². The molecule has 0 N–H and O–H groups in total. The van der Waals surface area contributed by atoms with Gasteiger partial charge in [0.2, 0.25) is 10.0 Å². The Hall–Kier alpha value is -1.67. The minimum Gasteiger partial charge on any atom is -0.484 e. The van der Waals surface area contributed by atoms with Crippen LogP contribution >= 0.6 is 0 Å². The summed E-state index contributed by atoms with van der Waals surface area (Å²) in [4.78, 5) is 13.5. The van der Waals surface area contributed by atoms with Gasteiger partial charge in [-0.3, -0.25) is 4.79 Å². The number of piperazine rings is 1. The molecule has 1 aliphatic heterocycles. The van der Waals surface area contributed by atoms with Gasteiger partial charge in [-0.1, -0.05) is 0 Å². The second-order valence-electron chi connectivity index (χ2n) is 4.79. The molecule has 0 aliphatic carbocycles. The van der Waals surface area contributed by atoms with Gasteiger partial charge in [-0.2, -0.15) is 4.31 Å². The quantitative estimate of drug-likeness (QED) is 0.802. The Morgan fingerprint density at radius 1 is 1.19 bits per heavy atom. The number of sulfonamides is 1. The number of hydrogen-bond donors (Lipinski definition) is 0. The largest absolute Gasteiger partial charge is 0.484 e. The zero-order valence-electron chi connectivity index (χ0n) is 11.7. The first kappa shape index (κ1) is 15.7. The summed E-state index contributed by atoms with van der Waals surface area (Å²) in [6, 6.07) is 5.41. The number of rotatable bonds is 4. The molecule has 1 aromatic carbocycles. The molecule has 1 aliphatic rings. The molecule has 0 saturated carbocycles. The number of nitrogens with zero attached hydrogens (tertiary/aromatic N) is 2. The van der Waals surface area contributed by atoms with Crippen LogP contribution < -0.4 is 4.74 Å². The molecule has 1 saturated heterocycles. The molecule has 0 radical (unpaired) electrons. The molecule has 1 amide bonds. The molecular formula is C13H17FN2O4S. The Morgan fingerprint density at radius 3 is 2.29 bits per heavy atom. The Labute approximate surface area is 123 Å². The molecule has 6 nitrogen and oxygen atoms in total. The van der Waals surface area contributed by atoms with Gasteiger partial charge in [0.15, 0.2) is 6.61 Å². The van der Waals surface area contributed by atoms with Crippen molar-refractivity contribution in [1.82, 2.24) is 9.21 Å². The Balaban J connectivity index is 1.81. The Morgan fingerprint density at radius 2 is 1.76 bits per heavy atom. The Bertz CT molecular complexity index is 595. The summed E-state index contributed by atoms with van der Waals surface area (Å²) >= 11 is 0. The third kappa shape index (κ3) is 4.40. The molecule has 1 aromatic rings. The minimum absolute atomic E-state index is 0.148. The smallest absolute Gasteiger partial charge is 0.260 e. The normalized spacial score (nSPS) is 16.8. The fourth-order valence-electron chi connectivity index (χ4n) is 2.04. The van der Waals surface area contributed by atoms with E-state index < -0.39 is 10.0 Å². The van der Waals surface area contributed by atoms with Gasteiger partial charge in [0, 0.05) is 26.2 Å². The third-order valence-corrected chi connectivity index (χ3v) is 4.54. The first-order valence-electron chi connectivity index (χ1n) is 6.47. The molecule has 0 aromatic heterocycles. The summed E-state index contributed by atoms with van der Waals surface area (Å²) in [5.74, 6) is -0.169. The highest BCUT2D eigenvalue weighted by atomic mass is 32.2. The number of hydrogen-bond acceptors (Lipinski definition) is 4. The van der Waals surface area contributed by atoms with Gasteiger partial charge in [0.1, 0.15) is 11.6 Å². The molecular weight excluding hydrogens is 299 g/mol. The zero-order valence-corrected chi connectivity index (χ0v) is 12.5. The van der Waals surface area contributed by atoms with Crippen LogP contribution in [0.1, 0.15) is 0 Å². The lowest BCUT2D eigenvalue weighted by Crippen LogP contribution is -2.51. The lowest BCUT2D eigenvalue weighted by Gasteiger charge is -2.33. The highest BCUT2D eigenvalue weighted by Crippen LogP contribution is 2.12. The molecule has 1 heterocycles. The fourth-order valence-corrected chi connectivity index (χ4v) is 2.86. The van der Waals surface area contributed by atoms with Gasteiger partial charge < -0.3 is 9.64 Å². The van der Waals surface area contributed by atoms with E-state index in [0.29, 0.717) is 31.9 Å². The highest BCUT2D eigenvalue weighted by Gasteiger charge is 2.26. The zero-order chi connectivity index (χ0) is 15.5. The Kier molecular flexibility index (Phi) is 4.79. The molecule has 1 fully saturated rings. The first-order valence-corrected chi connectivity index (χ1v) is 8.32. The van der Waals surface area contributed by atoms with Crippen molar-refractivity contribution in [2.24, 2.45) is 0 Å². The third-order valence-electron chi connectivity index (χ3n) is 3.24. The van der Waals surface area contributed by atoms with E-state index in [1.165, 1.54) is 28.6 Å². The van der Waals surface area contributed by atoms with E-state index in [1.807, 2.05) is 0 Å². The molecule has 8 heteroatoms. The van der Waals surface area contributed by atoms with Crippen LogP contribution in [-0.4, -0.2) is 62.6 Å². The maximum absolute atomic E-state index is 12.7. The van der Waals surface area contributed by atoms with Crippen molar-refractivity contribution in [3.63, 3.8) is 0 Å². The summed E-state index contributed by atoms with van der Waals surface area (Å²) in [7, 11) is -3.21. The molecule has 116 valence electrons. The van der Waals surface area contributed by atoms with Crippen molar-refractivity contribution < 1.29 is 22.3 Å². The van der Waals surface area contributed by atoms with E-state index in [1.54, 1.807) is 4.90 Å². The van der Waals surface area contributed by atoms with E-state index >= 15 is 0 Å². The molecule has 0 atom stereocenters. The second kappa shape index (κ2) is 6.40. The van der Waals surface area contributed by atoms with Crippen LogP contribution in [0.2, 0.25) is 0 Å². The summed E-state index contributed by atoms with van der Waals surface area (Å²) in [6.07, 6.45) is 1.15. The van der Waals surface area contributed by atoms with Gasteiger partial charge in [-0.25, -0.2) is 12.8 Å². The van der Waals surface area contributed by atoms with Crippen LogP contribution in [0.3, 0.4) is 0 Å². The minimum atomic E-state index is -3.21. The van der Waals surface area contributed by atoms with E-state index in [2.05, 4.69) is 0 Å². The SMILES string of the molecule is CS(=O)(=O)N1CCN(C(=O)COc2ccc(F)cc2)CC1. The molecule has 0 unspecified atom stereocenters. The average Bonchev–Trinajstić information content (AvgIpc) is 2.45. The summed E-state index contributed by atoms with van der Waals surface area (Å²) < 4.78 is 42.1. The maximum Gasteiger partial charge on any atom is 0.260 e. The average molecular weight is 316 g/mol. The number of amides is 1. The van der Waals surface area contributed by atoms with Gasteiger partial charge in [-0.15, -0.1) is 0 Å². The first-order chi connectivity index (χ1) is 9.86. The number of carbonyl (C=O) groups is 1. The second-order valence-corrected chi connectivity index (χ2v) is 6.77. The van der Waals surface area contributed by atoms with E-state index in [-0.39, 0.29) is 18.3 Å². The lowest BCUT2D eigenvalue weighted by molar-refractivity contribution is -0.134. The monoisotopic (exact) mass is 316 g/mol. The van der Waals surface area contributed by atoms with Crippen LogP contribution in [-0.2, 0) is 14.8 Å². The van der Waals surface area contributed by atoms with E-state index in [9.17, 15) is 17.6 Å². The summed E-state index contributed by atoms with van der Waals surface area (Å²) in [5.41, 5.74) is 0. The predicted molar refractivity (Wildman–Crippen MR) is 74.9 cm³/mol. The molecule has 0 bridgehead atoms. The maximum atomic E-state index is 12.7. The van der Waals surface area contributed by atoms with Crippen LogP contribution in [0.4, 0.5) is 4.39 Å². The van der Waals surface area contributed by atoms with Crippen molar-refractivity contribution >= 4 is 15.9 Å². The lowest BCUT2D eigenvalue weighted by atomic mass is 10.3. The topological polar surface area (TPSA) is 66.9 Å².